The fourth-order valence-electron chi connectivity index (χ4n) is 2.35. The number of hydrogen-bond acceptors (Lipinski definition) is 6. The molecule has 1 aromatic carbocycles. The molecule has 0 aliphatic rings. The summed E-state index contributed by atoms with van der Waals surface area (Å²) in [4.78, 5) is 17.3. The summed E-state index contributed by atoms with van der Waals surface area (Å²) < 4.78 is 20.1. The van der Waals surface area contributed by atoms with Crippen LogP contribution in [-0.2, 0) is 6.54 Å². The van der Waals surface area contributed by atoms with Crippen molar-refractivity contribution in [2.24, 2.45) is 0 Å². The van der Waals surface area contributed by atoms with E-state index in [0.717, 1.165) is 0 Å². The van der Waals surface area contributed by atoms with Crippen LogP contribution in [0.3, 0.4) is 0 Å². The van der Waals surface area contributed by atoms with Gasteiger partial charge in [-0.05, 0) is 22.6 Å². The first kappa shape index (κ1) is 15.2. The minimum Gasteiger partial charge on any atom is -0.494 e. The molecule has 0 atom stereocenters. The van der Waals surface area contributed by atoms with E-state index in [0.29, 0.717) is 10.5 Å². The van der Waals surface area contributed by atoms with Crippen LogP contribution in [0, 0.1) is 15.9 Å². The van der Waals surface area contributed by atoms with Crippen molar-refractivity contribution in [1.29, 1.82) is 0 Å². The van der Waals surface area contributed by atoms with Gasteiger partial charge in [-0.15, -0.1) is 0 Å². The van der Waals surface area contributed by atoms with Crippen LogP contribution in [0.1, 0.15) is 5.56 Å². The molecule has 0 fully saturated rings. The van der Waals surface area contributed by atoms with Crippen molar-refractivity contribution in [3.63, 3.8) is 0 Å². The number of nitro groups is 1. The molecule has 120 valence electrons. The van der Waals surface area contributed by atoms with Gasteiger partial charge in [-0.1, -0.05) is 17.4 Å². The lowest BCUT2D eigenvalue weighted by atomic mass is 10.2. The molecular formula is C14H13FN4O3S. The number of rotatable bonds is 5. The molecule has 0 spiro atoms. The molecule has 3 aromatic rings. The highest BCUT2D eigenvalue weighted by atomic mass is 32.1. The zero-order chi connectivity index (χ0) is 16.6. The van der Waals surface area contributed by atoms with E-state index in [1.54, 1.807) is 29.6 Å². The van der Waals surface area contributed by atoms with Crippen LogP contribution < -0.4 is 9.64 Å². The van der Waals surface area contributed by atoms with Gasteiger partial charge in [0.25, 0.3) is 4.96 Å². The SMILES string of the molecule is COc1ccc(CN(C)c2nc3sccn3c2[N+](=O)[O-])cc1F. The minimum absolute atomic E-state index is 0.0993. The largest absolute Gasteiger partial charge is 0.494 e. The van der Waals surface area contributed by atoms with Crippen molar-refractivity contribution >= 4 is 27.9 Å². The van der Waals surface area contributed by atoms with Crippen molar-refractivity contribution in [3.8, 4) is 5.75 Å². The highest BCUT2D eigenvalue weighted by Gasteiger charge is 2.26. The van der Waals surface area contributed by atoms with E-state index < -0.39 is 10.7 Å². The van der Waals surface area contributed by atoms with E-state index in [1.165, 1.54) is 35.0 Å². The Morgan fingerprint density at radius 1 is 1.52 bits per heavy atom. The van der Waals surface area contributed by atoms with Crippen LogP contribution in [0.15, 0.2) is 29.8 Å². The molecule has 0 saturated heterocycles. The molecule has 0 saturated carbocycles. The van der Waals surface area contributed by atoms with Crippen LogP contribution >= 0.6 is 11.3 Å². The van der Waals surface area contributed by atoms with Crippen molar-refractivity contribution < 1.29 is 14.1 Å². The molecule has 7 nitrogen and oxygen atoms in total. The maximum Gasteiger partial charge on any atom is 0.373 e. The Morgan fingerprint density at radius 3 is 2.96 bits per heavy atom. The van der Waals surface area contributed by atoms with Crippen LogP contribution in [0.2, 0.25) is 0 Å². The standard InChI is InChI=1S/C14H13FN4O3S/c1-17(8-9-3-4-11(22-2)10(15)7-9)12-13(19(20)21)18-5-6-23-14(18)16-12/h3-7H,8H2,1-2H3. The van der Waals surface area contributed by atoms with E-state index >= 15 is 0 Å². The van der Waals surface area contributed by atoms with E-state index in [9.17, 15) is 14.5 Å². The lowest BCUT2D eigenvalue weighted by Gasteiger charge is -2.16. The molecule has 2 heterocycles. The number of ether oxygens (including phenoxy) is 1. The first-order valence-corrected chi connectivity index (χ1v) is 7.52. The molecule has 0 aliphatic carbocycles. The zero-order valence-corrected chi connectivity index (χ0v) is 13.2. The molecule has 0 bridgehead atoms. The second-order valence-corrected chi connectivity index (χ2v) is 5.77. The topological polar surface area (TPSA) is 72.9 Å². The lowest BCUT2D eigenvalue weighted by Crippen LogP contribution is -2.18. The Morgan fingerprint density at radius 2 is 2.30 bits per heavy atom. The number of hydrogen-bond donors (Lipinski definition) is 0. The number of aromatic nitrogens is 2. The Balaban J connectivity index is 1.93. The van der Waals surface area contributed by atoms with Crippen LogP contribution in [-0.4, -0.2) is 28.5 Å². The smallest absolute Gasteiger partial charge is 0.373 e. The van der Waals surface area contributed by atoms with Gasteiger partial charge >= 0.3 is 5.82 Å². The van der Waals surface area contributed by atoms with Gasteiger partial charge in [0.15, 0.2) is 11.6 Å². The molecular weight excluding hydrogens is 323 g/mol. The quantitative estimate of drug-likeness (QED) is 0.529. The summed E-state index contributed by atoms with van der Waals surface area (Å²) in [6, 6.07) is 4.58. The highest BCUT2D eigenvalue weighted by Crippen LogP contribution is 2.31. The lowest BCUT2D eigenvalue weighted by molar-refractivity contribution is -0.389. The van der Waals surface area contributed by atoms with Gasteiger partial charge in [-0.25, -0.2) is 4.39 Å². The fraction of sp³-hybridized carbons (Fsp3) is 0.214. The summed E-state index contributed by atoms with van der Waals surface area (Å²) in [6.07, 6.45) is 1.61. The molecule has 9 heteroatoms. The Labute approximate surface area is 134 Å². The van der Waals surface area contributed by atoms with Crippen molar-refractivity contribution in [2.75, 3.05) is 19.1 Å². The molecule has 23 heavy (non-hydrogen) atoms. The predicted octanol–water partition coefficient (Wildman–Crippen LogP) is 3.09. The van der Waals surface area contributed by atoms with Crippen LogP contribution in [0.25, 0.3) is 4.96 Å². The number of nitrogens with zero attached hydrogens (tertiary/aromatic N) is 4. The predicted molar refractivity (Wildman–Crippen MR) is 84.8 cm³/mol. The number of anilines is 1. The minimum atomic E-state index is -0.473. The number of halogens is 1. The highest BCUT2D eigenvalue weighted by molar-refractivity contribution is 7.15. The third kappa shape index (κ3) is 2.70. The van der Waals surface area contributed by atoms with E-state index in [-0.39, 0.29) is 23.9 Å². The summed E-state index contributed by atoms with van der Waals surface area (Å²) in [5, 5.41) is 13.1. The molecule has 0 aliphatic heterocycles. The van der Waals surface area contributed by atoms with E-state index in [1.807, 2.05) is 0 Å². The Kier molecular flexibility index (Phi) is 3.87. The maximum absolute atomic E-state index is 13.8. The summed E-state index contributed by atoms with van der Waals surface area (Å²) >= 11 is 1.32. The second-order valence-electron chi connectivity index (χ2n) is 4.90. The average molecular weight is 336 g/mol. The summed E-state index contributed by atoms with van der Waals surface area (Å²) in [5.74, 6) is -0.167. The molecule has 3 rings (SSSR count). The van der Waals surface area contributed by atoms with Gasteiger partial charge in [-0.3, -0.25) is 0 Å². The van der Waals surface area contributed by atoms with Crippen LogP contribution in [0.5, 0.6) is 5.75 Å². The number of fused-ring (bicyclic) bond motifs is 1. The molecule has 0 N–H and O–H groups in total. The Bertz CT molecular complexity index is 876. The van der Waals surface area contributed by atoms with Gasteiger partial charge < -0.3 is 19.8 Å². The van der Waals surface area contributed by atoms with Gasteiger partial charge in [-0.2, -0.15) is 9.38 Å². The second kappa shape index (κ2) is 5.84. The van der Waals surface area contributed by atoms with Crippen molar-refractivity contribution in [3.05, 3.63) is 51.3 Å². The van der Waals surface area contributed by atoms with E-state index in [4.69, 9.17) is 4.74 Å². The molecule has 2 aromatic heterocycles. The zero-order valence-electron chi connectivity index (χ0n) is 12.4. The molecule has 0 amide bonds. The number of methoxy groups -OCH3 is 1. The van der Waals surface area contributed by atoms with Gasteiger partial charge in [0.2, 0.25) is 5.82 Å². The Hall–Kier alpha value is -2.68. The van der Waals surface area contributed by atoms with Gasteiger partial charge in [0.05, 0.1) is 7.11 Å². The summed E-state index contributed by atoms with van der Waals surface area (Å²) in [5.41, 5.74) is 0.663. The molecule has 0 radical (unpaired) electrons. The van der Waals surface area contributed by atoms with Crippen LogP contribution in [0.4, 0.5) is 16.0 Å². The monoisotopic (exact) mass is 336 g/mol. The first-order chi connectivity index (χ1) is 11.0. The summed E-state index contributed by atoms with van der Waals surface area (Å²) in [6.45, 7) is 0.284. The van der Waals surface area contributed by atoms with Crippen molar-refractivity contribution in [1.82, 2.24) is 9.38 Å². The summed E-state index contributed by atoms with van der Waals surface area (Å²) in [7, 11) is 3.08. The average Bonchev–Trinajstić information content (AvgIpc) is 3.07. The third-order valence-corrected chi connectivity index (χ3v) is 4.15. The van der Waals surface area contributed by atoms with Gasteiger partial charge in [0, 0.05) is 19.0 Å². The normalized spacial score (nSPS) is 10.9. The van der Waals surface area contributed by atoms with Gasteiger partial charge in [0.1, 0.15) is 6.20 Å². The number of thiazole rings is 1. The first-order valence-electron chi connectivity index (χ1n) is 6.64. The number of imidazole rings is 1. The number of benzene rings is 1. The molecule has 0 unspecified atom stereocenters. The maximum atomic E-state index is 13.8. The van der Waals surface area contributed by atoms with Crippen molar-refractivity contribution in [2.45, 2.75) is 6.54 Å². The van der Waals surface area contributed by atoms with E-state index in [2.05, 4.69) is 4.98 Å². The third-order valence-electron chi connectivity index (χ3n) is 3.39. The fourth-order valence-corrected chi connectivity index (χ4v) is 3.05.